The van der Waals surface area contributed by atoms with E-state index in [4.69, 9.17) is 9.88 Å². The van der Waals surface area contributed by atoms with Crippen LogP contribution in [0.1, 0.15) is 18.0 Å². The fourth-order valence-corrected chi connectivity index (χ4v) is 3.31. The number of halogens is 3. The molecule has 0 fully saturated rings. The summed E-state index contributed by atoms with van der Waals surface area (Å²) in [6, 6.07) is 11.2. The summed E-state index contributed by atoms with van der Waals surface area (Å²) in [4.78, 5) is -0.133. The largest absolute Gasteiger partial charge is 0.497 e. The summed E-state index contributed by atoms with van der Waals surface area (Å²) in [6.07, 6.45) is -4.88. The van der Waals surface area contributed by atoms with E-state index in [2.05, 4.69) is 5.10 Å². The topological polar surface area (TPSA) is 85.0 Å². The Morgan fingerprint density at radius 1 is 1.11 bits per heavy atom. The summed E-state index contributed by atoms with van der Waals surface area (Å²) in [5.41, 5.74) is 0.0376. The molecular weight excluding hydrogens is 383 g/mol. The zero-order chi connectivity index (χ0) is 19.8. The van der Waals surface area contributed by atoms with Gasteiger partial charge in [-0.15, -0.1) is 0 Å². The summed E-state index contributed by atoms with van der Waals surface area (Å²) >= 11 is 0. The van der Waals surface area contributed by atoms with E-state index < -0.39 is 28.0 Å². The maximum atomic E-state index is 13.2. The molecule has 2 aromatic carbocycles. The standard InChI is InChI=1S/C17H16F3N3O3S/c1-26-13-6-2-11(3-7-13)15-10-16(17(18,19)20)22-23(15)12-4-8-14(9-5-12)27(21,24)25/h2-9,15H,10H2,1H3,(H2,21,24,25). The number of hydrazone groups is 1. The highest BCUT2D eigenvalue weighted by Gasteiger charge is 2.43. The van der Waals surface area contributed by atoms with Crippen molar-refractivity contribution >= 4 is 21.4 Å². The van der Waals surface area contributed by atoms with Crippen LogP contribution >= 0.6 is 0 Å². The Hall–Kier alpha value is -2.59. The summed E-state index contributed by atoms with van der Waals surface area (Å²) in [5.74, 6) is 0.581. The van der Waals surface area contributed by atoms with Gasteiger partial charge in [-0.3, -0.25) is 5.01 Å². The number of rotatable bonds is 4. The lowest BCUT2D eigenvalue weighted by atomic mass is 10.0. The second-order valence-electron chi connectivity index (χ2n) is 5.92. The third-order valence-electron chi connectivity index (χ3n) is 4.17. The zero-order valence-electron chi connectivity index (χ0n) is 14.1. The van der Waals surface area contributed by atoms with Crippen LogP contribution in [0.25, 0.3) is 0 Å². The van der Waals surface area contributed by atoms with Gasteiger partial charge in [0.2, 0.25) is 10.0 Å². The molecule has 3 rings (SSSR count). The van der Waals surface area contributed by atoms with Crippen molar-refractivity contribution in [2.45, 2.75) is 23.5 Å². The van der Waals surface area contributed by atoms with Gasteiger partial charge in [-0.05, 0) is 42.0 Å². The lowest BCUT2D eigenvalue weighted by Gasteiger charge is -2.24. The van der Waals surface area contributed by atoms with Crippen LogP contribution in [-0.2, 0) is 10.0 Å². The maximum absolute atomic E-state index is 13.2. The highest BCUT2D eigenvalue weighted by molar-refractivity contribution is 7.89. The minimum Gasteiger partial charge on any atom is -0.497 e. The normalized spacial score (nSPS) is 17.7. The third-order valence-corrected chi connectivity index (χ3v) is 5.10. The molecule has 144 valence electrons. The van der Waals surface area contributed by atoms with Gasteiger partial charge in [0.1, 0.15) is 11.5 Å². The Balaban J connectivity index is 2.00. The van der Waals surface area contributed by atoms with E-state index in [-0.39, 0.29) is 11.3 Å². The number of hydrogen-bond donors (Lipinski definition) is 1. The second kappa shape index (κ2) is 6.86. The minimum atomic E-state index is -4.56. The average Bonchev–Trinajstić information content (AvgIpc) is 3.07. The third kappa shape index (κ3) is 4.06. The molecule has 1 atom stereocenters. The molecule has 1 aliphatic rings. The van der Waals surface area contributed by atoms with Crippen molar-refractivity contribution < 1.29 is 26.3 Å². The molecule has 0 aromatic heterocycles. The van der Waals surface area contributed by atoms with Gasteiger partial charge in [0, 0.05) is 6.42 Å². The van der Waals surface area contributed by atoms with Gasteiger partial charge in [-0.25, -0.2) is 13.6 Å². The first-order chi connectivity index (χ1) is 12.6. The van der Waals surface area contributed by atoms with E-state index in [0.29, 0.717) is 17.0 Å². The molecule has 0 aliphatic carbocycles. The lowest BCUT2D eigenvalue weighted by Crippen LogP contribution is -2.21. The smallest absolute Gasteiger partial charge is 0.431 e. The summed E-state index contributed by atoms with van der Waals surface area (Å²) < 4.78 is 67.4. The number of sulfonamides is 1. The first-order valence-corrected chi connectivity index (χ1v) is 9.35. The van der Waals surface area contributed by atoms with Crippen molar-refractivity contribution in [2.24, 2.45) is 10.2 Å². The van der Waals surface area contributed by atoms with Gasteiger partial charge in [-0.1, -0.05) is 12.1 Å². The average molecular weight is 399 g/mol. The molecule has 0 spiro atoms. The second-order valence-corrected chi connectivity index (χ2v) is 7.48. The molecule has 27 heavy (non-hydrogen) atoms. The van der Waals surface area contributed by atoms with E-state index in [1.165, 1.54) is 36.4 Å². The van der Waals surface area contributed by atoms with Gasteiger partial charge in [-0.2, -0.15) is 18.3 Å². The first kappa shape index (κ1) is 19.2. The highest BCUT2D eigenvalue weighted by Crippen LogP contribution is 2.39. The van der Waals surface area contributed by atoms with Crippen molar-refractivity contribution in [3.8, 4) is 5.75 Å². The molecule has 2 aromatic rings. The van der Waals surface area contributed by atoms with E-state index in [9.17, 15) is 21.6 Å². The molecule has 6 nitrogen and oxygen atoms in total. The van der Waals surface area contributed by atoms with Crippen LogP contribution in [0.2, 0.25) is 0 Å². The number of nitrogens with zero attached hydrogens (tertiary/aromatic N) is 2. The van der Waals surface area contributed by atoms with Gasteiger partial charge in [0.05, 0.1) is 23.7 Å². The van der Waals surface area contributed by atoms with E-state index >= 15 is 0 Å². The zero-order valence-corrected chi connectivity index (χ0v) is 15.0. The van der Waals surface area contributed by atoms with Crippen LogP contribution in [0.5, 0.6) is 5.75 Å². The number of alkyl halides is 3. The van der Waals surface area contributed by atoms with Crippen molar-refractivity contribution in [1.82, 2.24) is 0 Å². The van der Waals surface area contributed by atoms with E-state index in [1.807, 2.05) is 0 Å². The Labute approximate surface area is 154 Å². The number of hydrogen-bond acceptors (Lipinski definition) is 5. The van der Waals surface area contributed by atoms with Gasteiger partial charge in [0.25, 0.3) is 0 Å². The number of primary sulfonamides is 1. The Morgan fingerprint density at radius 3 is 2.19 bits per heavy atom. The molecule has 2 N–H and O–H groups in total. The molecule has 10 heteroatoms. The quantitative estimate of drug-likeness (QED) is 0.856. The van der Waals surface area contributed by atoms with Crippen molar-refractivity contribution in [2.75, 3.05) is 12.1 Å². The lowest BCUT2D eigenvalue weighted by molar-refractivity contribution is -0.0600. The van der Waals surface area contributed by atoms with Crippen LogP contribution in [0, 0.1) is 0 Å². The molecule has 0 saturated carbocycles. The van der Waals surface area contributed by atoms with E-state index in [1.54, 1.807) is 24.3 Å². The molecule has 1 unspecified atom stereocenters. The fraction of sp³-hybridized carbons (Fsp3) is 0.235. The maximum Gasteiger partial charge on any atom is 0.431 e. The minimum absolute atomic E-state index is 0.133. The highest BCUT2D eigenvalue weighted by atomic mass is 32.2. The van der Waals surface area contributed by atoms with E-state index in [0.717, 1.165) is 0 Å². The predicted octanol–water partition coefficient (Wildman–Crippen LogP) is 3.21. The van der Waals surface area contributed by atoms with Crippen LogP contribution in [0.4, 0.5) is 18.9 Å². The molecule has 0 bridgehead atoms. The number of ether oxygens (including phenoxy) is 1. The summed E-state index contributed by atoms with van der Waals surface area (Å²) in [5, 5.41) is 10.0. The molecule has 1 heterocycles. The molecule has 1 aliphatic heterocycles. The number of benzene rings is 2. The van der Waals surface area contributed by atoms with Crippen molar-refractivity contribution in [1.29, 1.82) is 0 Å². The van der Waals surface area contributed by atoms with Crippen molar-refractivity contribution in [3.63, 3.8) is 0 Å². The van der Waals surface area contributed by atoms with Crippen LogP contribution < -0.4 is 14.9 Å². The van der Waals surface area contributed by atoms with Crippen LogP contribution in [0.15, 0.2) is 58.5 Å². The number of anilines is 1. The van der Waals surface area contributed by atoms with Crippen molar-refractivity contribution in [3.05, 3.63) is 54.1 Å². The van der Waals surface area contributed by atoms with Gasteiger partial charge >= 0.3 is 6.18 Å². The summed E-state index contributed by atoms with van der Waals surface area (Å²) in [7, 11) is -2.40. The van der Waals surface area contributed by atoms with Crippen LogP contribution in [0.3, 0.4) is 0 Å². The Bertz CT molecular complexity index is 956. The molecule has 0 radical (unpaired) electrons. The predicted molar refractivity (Wildman–Crippen MR) is 94.1 cm³/mol. The Morgan fingerprint density at radius 2 is 1.70 bits per heavy atom. The van der Waals surface area contributed by atoms with Gasteiger partial charge in [0.15, 0.2) is 0 Å². The number of methoxy groups -OCH3 is 1. The Kier molecular flexibility index (Phi) is 4.87. The molecular formula is C17H16F3N3O3S. The summed E-state index contributed by atoms with van der Waals surface area (Å²) in [6.45, 7) is 0. The molecule has 0 saturated heterocycles. The first-order valence-electron chi connectivity index (χ1n) is 7.80. The monoisotopic (exact) mass is 399 g/mol. The van der Waals surface area contributed by atoms with Crippen LogP contribution in [-0.4, -0.2) is 27.4 Å². The fourth-order valence-electron chi connectivity index (χ4n) is 2.79. The van der Waals surface area contributed by atoms with Gasteiger partial charge < -0.3 is 4.74 Å². The number of nitrogens with two attached hydrogens (primary N) is 1. The molecule has 0 amide bonds. The SMILES string of the molecule is COc1ccc(C2CC(C(F)(F)F)=NN2c2ccc(S(N)(=O)=O)cc2)cc1.